The van der Waals surface area contributed by atoms with E-state index in [-0.39, 0.29) is 28.8 Å². The van der Waals surface area contributed by atoms with Crippen LogP contribution in [0.3, 0.4) is 0 Å². The molecule has 26 heavy (non-hydrogen) atoms. The number of aromatic amines is 2. The fraction of sp³-hybridized carbons (Fsp3) is 0.176. The van der Waals surface area contributed by atoms with E-state index in [4.69, 9.17) is 0 Å². The van der Waals surface area contributed by atoms with Gasteiger partial charge >= 0.3 is 5.69 Å². The first-order chi connectivity index (χ1) is 12.6. The molecule has 0 saturated heterocycles. The second-order valence-corrected chi connectivity index (χ2v) is 5.95. The number of hydrogen-bond acceptors (Lipinski definition) is 6. The highest BCUT2D eigenvalue weighted by Gasteiger charge is 2.44. The number of hydrogen-bond donors (Lipinski definition) is 2. The summed E-state index contributed by atoms with van der Waals surface area (Å²) in [5, 5.41) is 17.1. The van der Waals surface area contributed by atoms with Gasteiger partial charge in [0, 0.05) is 18.3 Å². The second kappa shape index (κ2) is 6.00. The molecule has 0 aromatic carbocycles. The highest BCUT2D eigenvalue weighted by molar-refractivity contribution is 5.59. The summed E-state index contributed by atoms with van der Waals surface area (Å²) in [5.41, 5.74) is 0.168. The van der Waals surface area contributed by atoms with E-state index in [1.165, 1.54) is 24.5 Å². The van der Waals surface area contributed by atoms with E-state index in [9.17, 15) is 19.2 Å². The first kappa shape index (κ1) is 15.8. The minimum absolute atomic E-state index is 0.124. The van der Waals surface area contributed by atoms with E-state index in [0.29, 0.717) is 17.7 Å². The Bertz CT molecular complexity index is 1160. The largest absolute Gasteiger partial charge is 0.325 e. The van der Waals surface area contributed by atoms with Gasteiger partial charge in [-0.3, -0.25) is 14.8 Å². The Hall–Kier alpha value is -3.67. The lowest BCUT2D eigenvalue weighted by atomic mass is 10.0. The summed E-state index contributed by atoms with van der Waals surface area (Å²) in [6.45, 7) is 0. The predicted octanol–water partition coefficient (Wildman–Crippen LogP) is 1.20. The van der Waals surface area contributed by atoms with E-state index >= 15 is 0 Å². The molecule has 1 saturated carbocycles. The van der Waals surface area contributed by atoms with Crippen LogP contribution in [0.2, 0.25) is 0 Å². The summed E-state index contributed by atoms with van der Waals surface area (Å²) in [7, 11) is 0. The molecule has 0 spiro atoms. The van der Waals surface area contributed by atoms with Crippen molar-refractivity contribution < 1.29 is 4.39 Å². The molecule has 2 N–H and O–H groups in total. The Morgan fingerprint density at radius 2 is 2.12 bits per heavy atom. The number of halogens is 1. The van der Waals surface area contributed by atoms with Crippen molar-refractivity contribution in [2.75, 3.05) is 0 Å². The van der Waals surface area contributed by atoms with Crippen LogP contribution in [0.5, 0.6) is 0 Å². The van der Waals surface area contributed by atoms with Crippen LogP contribution in [0.15, 0.2) is 40.2 Å². The summed E-state index contributed by atoms with van der Waals surface area (Å²) in [6, 6.07) is 6.42. The molecule has 0 aliphatic heterocycles. The van der Waals surface area contributed by atoms with Crippen molar-refractivity contribution >= 4 is 0 Å². The molecule has 3 aromatic heterocycles. The maximum absolute atomic E-state index is 14.0. The van der Waals surface area contributed by atoms with E-state index in [0.717, 1.165) is 0 Å². The van der Waals surface area contributed by atoms with Crippen molar-refractivity contribution in [2.45, 2.75) is 18.3 Å². The third-order valence-electron chi connectivity index (χ3n) is 4.35. The van der Waals surface area contributed by atoms with Crippen LogP contribution < -0.4 is 11.2 Å². The number of nitrogens with zero attached hydrogens (tertiary/aromatic N) is 4. The van der Waals surface area contributed by atoms with Crippen molar-refractivity contribution in [1.82, 2.24) is 25.1 Å². The number of aromatic nitrogens is 5. The predicted molar refractivity (Wildman–Crippen MR) is 87.7 cm³/mol. The van der Waals surface area contributed by atoms with Gasteiger partial charge in [-0.1, -0.05) is 0 Å². The van der Waals surface area contributed by atoms with Crippen LogP contribution in [0, 0.1) is 17.1 Å². The van der Waals surface area contributed by atoms with Gasteiger partial charge in [0.05, 0.1) is 11.3 Å². The molecule has 4 rings (SSSR count). The fourth-order valence-corrected chi connectivity index (χ4v) is 3.02. The minimum Gasteiger partial charge on any atom is -0.313 e. The molecule has 1 aliphatic rings. The average molecular weight is 350 g/mol. The van der Waals surface area contributed by atoms with E-state index in [2.05, 4.69) is 25.1 Å². The lowest BCUT2D eigenvalue weighted by molar-refractivity contribution is 0.598. The van der Waals surface area contributed by atoms with Crippen molar-refractivity contribution in [3.63, 3.8) is 0 Å². The zero-order chi connectivity index (χ0) is 18.3. The fourth-order valence-electron chi connectivity index (χ4n) is 3.02. The van der Waals surface area contributed by atoms with E-state index in [1.807, 2.05) is 6.07 Å². The van der Waals surface area contributed by atoms with Crippen molar-refractivity contribution in [3.05, 3.63) is 74.2 Å². The third-order valence-corrected chi connectivity index (χ3v) is 4.35. The summed E-state index contributed by atoms with van der Waals surface area (Å²) in [6.07, 6.45) is 3.38. The Morgan fingerprint density at radius 1 is 1.27 bits per heavy atom. The molecule has 9 heteroatoms. The van der Waals surface area contributed by atoms with Gasteiger partial charge in [-0.25, -0.2) is 9.18 Å². The van der Waals surface area contributed by atoms with Gasteiger partial charge in [0.1, 0.15) is 17.6 Å². The van der Waals surface area contributed by atoms with Gasteiger partial charge in [-0.2, -0.15) is 5.26 Å². The van der Waals surface area contributed by atoms with Crippen LogP contribution in [-0.2, 0) is 0 Å². The van der Waals surface area contributed by atoms with Crippen molar-refractivity contribution in [2.24, 2.45) is 0 Å². The molecule has 1 aliphatic carbocycles. The smallest absolute Gasteiger partial charge is 0.313 e. The van der Waals surface area contributed by atoms with Gasteiger partial charge in [-0.05, 0) is 36.1 Å². The summed E-state index contributed by atoms with van der Waals surface area (Å²) in [4.78, 5) is 31.7. The quantitative estimate of drug-likeness (QED) is 0.730. The highest BCUT2D eigenvalue weighted by atomic mass is 19.1. The maximum Gasteiger partial charge on any atom is 0.325 e. The summed E-state index contributed by atoms with van der Waals surface area (Å²) >= 11 is 0. The topological polar surface area (TPSA) is 128 Å². The SMILES string of the molecule is N#Cc1nnc(-c2c[nH]c(=O)[nH]c2=O)cc1[C@H]1C[C@@H]1c1ncccc1F. The Balaban J connectivity index is 1.75. The van der Waals surface area contributed by atoms with Gasteiger partial charge in [0.15, 0.2) is 5.69 Å². The normalized spacial score (nSPS) is 18.3. The number of H-pyrrole nitrogens is 2. The minimum atomic E-state index is -0.631. The highest BCUT2D eigenvalue weighted by Crippen LogP contribution is 2.55. The van der Waals surface area contributed by atoms with Crippen LogP contribution >= 0.6 is 0 Å². The standard InChI is InChI=1S/C17H11FN6O2/c18-12-2-1-3-20-15(12)10-4-8(10)9-5-13(23-24-14(9)6-19)11-7-21-17(26)22-16(11)25/h1-3,5,7-8,10H,4H2,(H2,21,22,25,26)/t8-,10+/m1/s1. The van der Waals surface area contributed by atoms with Gasteiger partial charge in [0.25, 0.3) is 5.56 Å². The van der Waals surface area contributed by atoms with Crippen molar-refractivity contribution in [1.29, 1.82) is 5.26 Å². The molecule has 3 heterocycles. The molecule has 0 amide bonds. The Morgan fingerprint density at radius 3 is 2.85 bits per heavy atom. The van der Waals surface area contributed by atoms with Crippen LogP contribution in [0.1, 0.15) is 35.2 Å². The Kier molecular flexibility index (Phi) is 3.65. The first-order valence-corrected chi connectivity index (χ1v) is 7.79. The molecule has 8 nitrogen and oxygen atoms in total. The zero-order valence-corrected chi connectivity index (χ0v) is 13.2. The van der Waals surface area contributed by atoms with Crippen LogP contribution in [0.4, 0.5) is 4.39 Å². The first-order valence-electron chi connectivity index (χ1n) is 7.79. The number of rotatable bonds is 3. The van der Waals surface area contributed by atoms with Gasteiger partial charge in [-0.15, -0.1) is 10.2 Å². The molecule has 128 valence electrons. The molecule has 0 bridgehead atoms. The molecule has 1 fully saturated rings. The zero-order valence-electron chi connectivity index (χ0n) is 13.2. The molecule has 3 aromatic rings. The molecular formula is C17H11FN6O2. The van der Waals surface area contributed by atoms with Gasteiger partial charge < -0.3 is 4.98 Å². The van der Waals surface area contributed by atoms with Gasteiger partial charge in [0.2, 0.25) is 0 Å². The van der Waals surface area contributed by atoms with Crippen molar-refractivity contribution in [3.8, 4) is 17.3 Å². The van der Waals surface area contributed by atoms with E-state index < -0.39 is 17.1 Å². The Labute approximate surface area is 145 Å². The summed E-state index contributed by atoms with van der Waals surface area (Å²) in [5.74, 6) is -0.683. The van der Waals surface area contributed by atoms with E-state index in [1.54, 1.807) is 6.07 Å². The van der Waals surface area contributed by atoms with Crippen LogP contribution in [0.25, 0.3) is 11.3 Å². The second-order valence-electron chi connectivity index (χ2n) is 5.95. The maximum atomic E-state index is 14.0. The third kappa shape index (κ3) is 2.67. The average Bonchev–Trinajstić information content (AvgIpc) is 3.42. The number of nitriles is 1. The number of nitrogens with one attached hydrogen (secondary N) is 2. The molecule has 0 radical (unpaired) electrons. The lowest BCUT2D eigenvalue weighted by Crippen LogP contribution is -2.23. The monoisotopic (exact) mass is 350 g/mol. The van der Waals surface area contributed by atoms with Crippen LogP contribution in [-0.4, -0.2) is 25.1 Å². The molecule has 0 unspecified atom stereocenters. The number of pyridine rings is 1. The summed E-state index contributed by atoms with van der Waals surface area (Å²) < 4.78 is 14.0. The molecule has 2 atom stereocenters. The molecular weight excluding hydrogens is 339 g/mol. The lowest BCUT2D eigenvalue weighted by Gasteiger charge is -2.06.